The molecule has 0 saturated heterocycles. The molecule has 0 aromatic rings. The molecule has 2 N–H and O–H groups in total. The maximum atomic E-state index is 9.51. The third kappa shape index (κ3) is 6.39. The Morgan fingerprint density at radius 1 is 0.941 bits per heavy atom. The molecule has 0 fully saturated rings. The third-order valence-electron chi connectivity index (χ3n) is 3.23. The zero-order valence-electron chi connectivity index (χ0n) is 12.2. The molecule has 0 aliphatic rings. The van der Waals surface area contributed by atoms with E-state index >= 15 is 0 Å². The summed E-state index contributed by atoms with van der Waals surface area (Å²) in [4.78, 5) is 2.38. The highest BCUT2D eigenvalue weighted by Crippen LogP contribution is 2.23. The highest BCUT2D eigenvalue weighted by Gasteiger charge is 2.29. The first-order valence-electron chi connectivity index (χ1n) is 6.83. The zero-order chi connectivity index (χ0) is 13.5. The second-order valence-electron chi connectivity index (χ2n) is 6.15. The quantitative estimate of drug-likeness (QED) is 0.653. The molecule has 0 aromatic heterocycles. The Morgan fingerprint density at radius 3 is 1.59 bits per heavy atom. The molecule has 0 bridgehead atoms. The van der Waals surface area contributed by atoms with Crippen LogP contribution in [-0.2, 0) is 0 Å². The second-order valence-corrected chi connectivity index (χ2v) is 6.15. The van der Waals surface area contributed by atoms with Crippen LogP contribution in [0.3, 0.4) is 0 Å². The van der Waals surface area contributed by atoms with Crippen LogP contribution >= 0.6 is 0 Å². The Bertz CT molecular complexity index is 170. The number of aliphatic hydroxyl groups excluding tert-OH is 2. The Morgan fingerprint density at radius 2 is 1.35 bits per heavy atom. The number of hydrogen-bond donors (Lipinski definition) is 2. The summed E-state index contributed by atoms with van der Waals surface area (Å²) in [5, 5.41) is 19.0. The second kappa shape index (κ2) is 8.06. The van der Waals surface area contributed by atoms with Gasteiger partial charge >= 0.3 is 0 Å². The maximum absolute atomic E-state index is 9.51. The van der Waals surface area contributed by atoms with Crippen LogP contribution in [0.5, 0.6) is 0 Å². The smallest absolute Gasteiger partial charge is 0.0521 e. The van der Waals surface area contributed by atoms with Gasteiger partial charge in [0, 0.05) is 25.0 Å². The lowest BCUT2D eigenvalue weighted by Crippen LogP contribution is -2.45. The van der Waals surface area contributed by atoms with E-state index in [2.05, 4.69) is 32.6 Å². The van der Waals surface area contributed by atoms with Gasteiger partial charge in [-0.2, -0.15) is 0 Å². The standard InChI is InChI=1S/C14H31NO2/c1-6-14(10-16,11-17)9-15(7-12(2)3)8-13(4)5/h12-13,16-17H,6-11H2,1-5H3. The number of aliphatic hydroxyl groups is 2. The van der Waals surface area contributed by atoms with E-state index in [1.807, 2.05) is 6.92 Å². The molecule has 0 aliphatic heterocycles. The minimum absolute atomic E-state index is 0.0622. The Balaban J connectivity index is 4.57. The van der Waals surface area contributed by atoms with E-state index in [0.29, 0.717) is 11.8 Å². The topological polar surface area (TPSA) is 43.7 Å². The van der Waals surface area contributed by atoms with Crippen molar-refractivity contribution in [1.29, 1.82) is 0 Å². The number of nitrogens with zero attached hydrogens (tertiary/aromatic N) is 1. The molecule has 0 aliphatic carbocycles. The molecule has 104 valence electrons. The largest absolute Gasteiger partial charge is 0.396 e. The molecule has 17 heavy (non-hydrogen) atoms. The van der Waals surface area contributed by atoms with Crippen molar-refractivity contribution in [2.45, 2.75) is 41.0 Å². The van der Waals surface area contributed by atoms with Gasteiger partial charge in [-0.15, -0.1) is 0 Å². The Hall–Kier alpha value is -0.120. The predicted molar refractivity (Wildman–Crippen MR) is 73.0 cm³/mol. The fraction of sp³-hybridized carbons (Fsp3) is 1.00. The first kappa shape index (κ1) is 16.9. The maximum Gasteiger partial charge on any atom is 0.0521 e. The van der Waals surface area contributed by atoms with Gasteiger partial charge in [-0.05, 0) is 18.3 Å². The first-order valence-corrected chi connectivity index (χ1v) is 6.83. The van der Waals surface area contributed by atoms with E-state index < -0.39 is 0 Å². The van der Waals surface area contributed by atoms with Gasteiger partial charge in [0.2, 0.25) is 0 Å². The molecule has 0 amide bonds. The van der Waals surface area contributed by atoms with Gasteiger partial charge in [-0.1, -0.05) is 34.6 Å². The summed E-state index contributed by atoms with van der Waals surface area (Å²) in [5.41, 5.74) is -0.343. The molecule has 0 spiro atoms. The van der Waals surface area contributed by atoms with Gasteiger partial charge in [-0.3, -0.25) is 0 Å². The van der Waals surface area contributed by atoms with Crippen molar-refractivity contribution in [2.24, 2.45) is 17.3 Å². The average molecular weight is 245 g/mol. The van der Waals surface area contributed by atoms with Crippen molar-refractivity contribution in [1.82, 2.24) is 4.90 Å². The molecule has 0 saturated carbocycles. The van der Waals surface area contributed by atoms with Crippen molar-refractivity contribution < 1.29 is 10.2 Å². The monoisotopic (exact) mass is 245 g/mol. The van der Waals surface area contributed by atoms with Crippen LogP contribution in [-0.4, -0.2) is 48.0 Å². The fourth-order valence-electron chi connectivity index (χ4n) is 2.20. The van der Waals surface area contributed by atoms with Crippen LogP contribution < -0.4 is 0 Å². The van der Waals surface area contributed by atoms with Crippen LogP contribution in [0.15, 0.2) is 0 Å². The molecule has 3 nitrogen and oxygen atoms in total. The lowest BCUT2D eigenvalue weighted by Gasteiger charge is -2.36. The minimum Gasteiger partial charge on any atom is -0.396 e. The summed E-state index contributed by atoms with van der Waals surface area (Å²) >= 11 is 0. The predicted octanol–water partition coefficient (Wildman–Crippen LogP) is 1.98. The average Bonchev–Trinajstić information content (AvgIpc) is 2.24. The normalized spacial score (nSPS) is 13.1. The van der Waals surface area contributed by atoms with Crippen LogP contribution in [0.4, 0.5) is 0 Å². The summed E-state index contributed by atoms with van der Waals surface area (Å²) < 4.78 is 0. The Kier molecular flexibility index (Phi) is 8.01. The molecular formula is C14H31NO2. The Labute approximate surface area is 107 Å². The van der Waals surface area contributed by atoms with Crippen molar-refractivity contribution in [3.8, 4) is 0 Å². The summed E-state index contributed by atoms with van der Waals surface area (Å²) in [5.74, 6) is 1.22. The molecular weight excluding hydrogens is 214 g/mol. The van der Waals surface area contributed by atoms with Crippen molar-refractivity contribution in [2.75, 3.05) is 32.8 Å². The number of hydrogen-bond acceptors (Lipinski definition) is 3. The molecule has 3 heteroatoms. The lowest BCUT2D eigenvalue weighted by atomic mass is 9.86. The van der Waals surface area contributed by atoms with Crippen LogP contribution in [0.2, 0.25) is 0 Å². The van der Waals surface area contributed by atoms with E-state index in [1.54, 1.807) is 0 Å². The molecule has 0 atom stereocenters. The van der Waals surface area contributed by atoms with Gasteiger partial charge in [0.1, 0.15) is 0 Å². The molecule has 0 heterocycles. The minimum atomic E-state index is -0.343. The summed E-state index contributed by atoms with van der Waals surface area (Å²) in [6.45, 7) is 13.8. The van der Waals surface area contributed by atoms with Gasteiger partial charge in [0.25, 0.3) is 0 Å². The van der Waals surface area contributed by atoms with E-state index in [0.717, 1.165) is 26.1 Å². The molecule has 0 unspecified atom stereocenters. The van der Waals surface area contributed by atoms with Crippen LogP contribution in [0.1, 0.15) is 41.0 Å². The first-order chi connectivity index (χ1) is 7.89. The lowest BCUT2D eigenvalue weighted by molar-refractivity contribution is 0.0123. The van der Waals surface area contributed by atoms with E-state index in [4.69, 9.17) is 0 Å². The highest BCUT2D eigenvalue weighted by atomic mass is 16.3. The summed E-state index contributed by atoms with van der Waals surface area (Å²) in [7, 11) is 0. The zero-order valence-corrected chi connectivity index (χ0v) is 12.2. The molecule has 0 rings (SSSR count). The van der Waals surface area contributed by atoms with Crippen molar-refractivity contribution >= 4 is 0 Å². The van der Waals surface area contributed by atoms with Gasteiger partial charge in [-0.25, -0.2) is 0 Å². The number of rotatable bonds is 9. The molecule has 0 radical (unpaired) electrons. The van der Waals surface area contributed by atoms with Gasteiger partial charge < -0.3 is 15.1 Å². The van der Waals surface area contributed by atoms with Gasteiger partial charge in [0.05, 0.1) is 13.2 Å². The van der Waals surface area contributed by atoms with Crippen LogP contribution in [0, 0.1) is 17.3 Å². The third-order valence-corrected chi connectivity index (χ3v) is 3.23. The summed E-state index contributed by atoms with van der Waals surface area (Å²) in [6, 6.07) is 0. The molecule has 0 aromatic carbocycles. The van der Waals surface area contributed by atoms with E-state index in [-0.39, 0.29) is 18.6 Å². The van der Waals surface area contributed by atoms with Crippen molar-refractivity contribution in [3.63, 3.8) is 0 Å². The van der Waals surface area contributed by atoms with Crippen LogP contribution in [0.25, 0.3) is 0 Å². The van der Waals surface area contributed by atoms with E-state index in [9.17, 15) is 10.2 Å². The van der Waals surface area contributed by atoms with Gasteiger partial charge in [0.15, 0.2) is 0 Å². The SMILES string of the molecule is CCC(CO)(CO)CN(CC(C)C)CC(C)C. The van der Waals surface area contributed by atoms with E-state index in [1.165, 1.54) is 0 Å². The van der Waals surface area contributed by atoms with Crippen molar-refractivity contribution in [3.05, 3.63) is 0 Å². The fourth-order valence-corrected chi connectivity index (χ4v) is 2.20. The summed E-state index contributed by atoms with van der Waals surface area (Å²) in [6.07, 6.45) is 0.812. The highest BCUT2D eigenvalue weighted by molar-refractivity contribution is 4.81.